The number of hydrogen-bond acceptors (Lipinski definition) is 3. The molecular weight excluding hydrogens is 206 g/mol. The molecule has 0 bridgehead atoms. The van der Waals surface area contributed by atoms with Gasteiger partial charge in [-0.25, -0.2) is 0 Å². The van der Waals surface area contributed by atoms with Gasteiger partial charge in [0.1, 0.15) is 0 Å². The van der Waals surface area contributed by atoms with Gasteiger partial charge < -0.3 is 10.1 Å². The molecule has 0 amide bonds. The quantitative estimate of drug-likeness (QED) is 0.803. The van der Waals surface area contributed by atoms with Gasteiger partial charge in [0, 0.05) is 23.4 Å². The van der Waals surface area contributed by atoms with E-state index in [-0.39, 0.29) is 5.54 Å². The van der Waals surface area contributed by atoms with Crippen LogP contribution in [0.5, 0.6) is 0 Å². The van der Waals surface area contributed by atoms with Crippen molar-refractivity contribution in [3.05, 3.63) is 0 Å². The summed E-state index contributed by atoms with van der Waals surface area (Å²) >= 11 is 2.03. The molecule has 2 nitrogen and oxygen atoms in total. The average molecular weight is 229 g/mol. The van der Waals surface area contributed by atoms with E-state index >= 15 is 0 Å². The second-order valence-corrected chi connectivity index (χ2v) is 6.25. The lowest BCUT2D eigenvalue weighted by Crippen LogP contribution is -2.53. The van der Waals surface area contributed by atoms with Crippen LogP contribution >= 0.6 is 11.8 Å². The molecule has 88 valence electrons. The van der Waals surface area contributed by atoms with E-state index in [1.54, 1.807) is 0 Å². The lowest BCUT2D eigenvalue weighted by atomic mass is 9.91. The minimum atomic E-state index is 0.246. The first-order valence-corrected chi connectivity index (χ1v) is 7.40. The predicted octanol–water partition coefficient (Wildman–Crippen LogP) is 2.43. The third-order valence-corrected chi connectivity index (χ3v) is 4.93. The Hall–Kier alpha value is 0.270. The fourth-order valence-corrected chi connectivity index (χ4v) is 3.71. The maximum absolute atomic E-state index is 5.50. The second-order valence-electron chi connectivity index (χ2n) is 5.17. The molecule has 2 rings (SSSR count). The summed E-state index contributed by atoms with van der Waals surface area (Å²) in [5, 5.41) is 4.67. The monoisotopic (exact) mass is 229 g/mol. The van der Waals surface area contributed by atoms with Gasteiger partial charge in [-0.3, -0.25) is 0 Å². The SMILES string of the molecule is CSC1CCCCC1NC1(C)CCOC1. The largest absolute Gasteiger partial charge is 0.379 e. The van der Waals surface area contributed by atoms with Gasteiger partial charge in [-0.15, -0.1) is 0 Å². The fraction of sp³-hybridized carbons (Fsp3) is 1.00. The summed E-state index contributed by atoms with van der Waals surface area (Å²) in [6, 6.07) is 0.709. The minimum Gasteiger partial charge on any atom is -0.379 e. The zero-order valence-corrected chi connectivity index (χ0v) is 10.7. The normalized spacial score (nSPS) is 42.0. The molecule has 15 heavy (non-hydrogen) atoms. The summed E-state index contributed by atoms with van der Waals surface area (Å²) in [4.78, 5) is 0. The molecule has 3 unspecified atom stereocenters. The van der Waals surface area contributed by atoms with E-state index in [1.165, 1.54) is 32.1 Å². The first-order chi connectivity index (χ1) is 7.23. The van der Waals surface area contributed by atoms with E-state index in [9.17, 15) is 0 Å². The van der Waals surface area contributed by atoms with Crippen LogP contribution in [0.2, 0.25) is 0 Å². The number of ether oxygens (including phenoxy) is 1. The van der Waals surface area contributed by atoms with Crippen molar-refractivity contribution < 1.29 is 4.74 Å². The Morgan fingerprint density at radius 3 is 2.80 bits per heavy atom. The average Bonchev–Trinajstić information content (AvgIpc) is 2.66. The van der Waals surface area contributed by atoms with Crippen molar-refractivity contribution in [3.8, 4) is 0 Å². The molecule has 0 aromatic heterocycles. The van der Waals surface area contributed by atoms with Gasteiger partial charge >= 0.3 is 0 Å². The predicted molar refractivity (Wildman–Crippen MR) is 66.5 cm³/mol. The van der Waals surface area contributed by atoms with Crippen molar-refractivity contribution in [2.75, 3.05) is 19.5 Å². The molecule has 0 aromatic carbocycles. The Balaban J connectivity index is 1.90. The maximum Gasteiger partial charge on any atom is 0.0646 e. The summed E-state index contributed by atoms with van der Waals surface area (Å²) in [6.45, 7) is 4.14. The van der Waals surface area contributed by atoms with E-state index in [1.807, 2.05) is 11.8 Å². The van der Waals surface area contributed by atoms with Crippen LogP contribution in [0.4, 0.5) is 0 Å². The summed E-state index contributed by atoms with van der Waals surface area (Å²) in [7, 11) is 0. The number of rotatable bonds is 3. The van der Waals surface area contributed by atoms with Crippen LogP contribution in [0.3, 0.4) is 0 Å². The van der Waals surface area contributed by atoms with Crippen LogP contribution < -0.4 is 5.32 Å². The van der Waals surface area contributed by atoms with Gasteiger partial charge in [-0.05, 0) is 32.4 Å². The Morgan fingerprint density at radius 1 is 1.33 bits per heavy atom. The van der Waals surface area contributed by atoms with Crippen molar-refractivity contribution in [2.24, 2.45) is 0 Å². The van der Waals surface area contributed by atoms with Crippen molar-refractivity contribution in [1.82, 2.24) is 5.32 Å². The van der Waals surface area contributed by atoms with E-state index in [4.69, 9.17) is 4.74 Å². The molecule has 2 fully saturated rings. The van der Waals surface area contributed by atoms with Crippen molar-refractivity contribution in [1.29, 1.82) is 0 Å². The molecule has 1 heterocycles. The smallest absolute Gasteiger partial charge is 0.0646 e. The molecule has 1 aliphatic carbocycles. The molecule has 1 aliphatic heterocycles. The van der Waals surface area contributed by atoms with Gasteiger partial charge in [0.05, 0.1) is 6.61 Å². The van der Waals surface area contributed by atoms with E-state index < -0.39 is 0 Å². The van der Waals surface area contributed by atoms with E-state index in [0.717, 1.165) is 18.5 Å². The van der Waals surface area contributed by atoms with Crippen molar-refractivity contribution in [2.45, 2.75) is 55.9 Å². The fourth-order valence-electron chi connectivity index (χ4n) is 2.77. The summed E-state index contributed by atoms with van der Waals surface area (Å²) in [6.07, 6.45) is 8.96. The van der Waals surface area contributed by atoms with Crippen LogP contribution in [0.25, 0.3) is 0 Å². The standard InChI is InChI=1S/C12H23NOS/c1-12(7-8-14-9-12)13-10-5-3-4-6-11(10)15-2/h10-11,13H,3-9H2,1-2H3. The zero-order chi connectivity index (χ0) is 10.7. The topological polar surface area (TPSA) is 21.3 Å². The Bertz CT molecular complexity index is 204. The molecule has 3 atom stereocenters. The van der Waals surface area contributed by atoms with Gasteiger partial charge in [0.2, 0.25) is 0 Å². The summed E-state index contributed by atoms with van der Waals surface area (Å²) in [5.74, 6) is 0. The lowest BCUT2D eigenvalue weighted by Gasteiger charge is -2.37. The molecule has 0 spiro atoms. The minimum absolute atomic E-state index is 0.246. The highest BCUT2D eigenvalue weighted by Gasteiger charge is 2.35. The van der Waals surface area contributed by atoms with Crippen LogP contribution in [0.15, 0.2) is 0 Å². The Morgan fingerprint density at radius 2 is 2.13 bits per heavy atom. The maximum atomic E-state index is 5.50. The number of nitrogens with one attached hydrogen (secondary N) is 1. The molecule has 3 heteroatoms. The molecule has 1 N–H and O–H groups in total. The summed E-state index contributed by atoms with van der Waals surface area (Å²) < 4.78 is 5.50. The van der Waals surface area contributed by atoms with Crippen LogP contribution in [0, 0.1) is 0 Å². The highest BCUT2D eigenvalue weighted by molar-refractivity contribution is 7.99. The summed E-state index contributed by atoms with van der Waals surface area (Å²) in [5.41, 5.74) is 0.246. The third-order valence-electron chi connectivity index (χ3n) is 3.76. The molecule has 0 radical (unpaired) electrons. The van der Waals surface area contributed by atoms with Gasteiger partial charge in [0.25, 0.3) is 0 Å². The van der Waals surface area contributed by atoms with E-state index in [0.29, 0.717) is 6.04 Å². The van der Waals surface area contributed by atoms with Gasteiger partial charge in [0.15, 0.2) is 0 Å². The Labute approximate surface area is 97.5 Å². The van der Waals surface area contributed by atoms with Crippen molar-refractivity contribution >= 4 is 11.8 Å². The first-order valence-electron chi connectivity index (χ1n) is 6.12. The lowest BCUT2D eigenvalue weighted by molar-refractivity contribution is 0.163. The van der Waals surface area contributed by atoms with Crippen molar-refractivity contribution in [3.63, 3.8) is 0 Å². The van der Waals surface area contributed by atoms with Crippen LogP contribution in [0.1, 0.15) is 39.0 Å². The number of hydrogen-bond donors (Lipinski definition) is 1. The molecule has 1 saturated carbocycles. The zero-order valence-electron chi connectivity index (χ0n) is 9.92. The third kappa shape index (κ3) is 2.89. The first kappa shape index (κ1) is 11.7. The van der Waals surface area contributed by atoms with Gasteiger partial charge in [-0.1, -0.05) is 12.8 Å². The van der Waals surface area contributed by atoms with Gasteiger partial charge in [-0.2, -0.15) is 11.8 Å². The molecule has 1 saturated heterocycles. The molecule has 2 aliphatic rings. The highest BCUT2D eigenvalue weighted by Crippen LogP contribution is 2.30. The van der Waals surface area contributed by atoms with E-state index in [2.05, 4.69) is 18.5 Å². The second kappa shape index (κ2) is 5.07. The highest BCUT2D eigenvalue weighted by atomic mass is 32.2. The number of thioether (sulfide) groups is 1. The molecule has 0 aromatic rings. The Kier molecular flexibility index (Phi) is 3.97. The van der Waals surface area contributed by atoms with Crippen LogP contribution in [-0.4, -0.2) is 36.3 Å². The molecular formula is C12H23NOS. The van der Waals surface area contributed by atoms with Crippen LogP contribution in [-0.2, 0) is 4.74 Å².